The van der Waals surface area contributed by atoms with Gasteiger partial charge >= 0.3 is 26.2 Å². The average molecular weight is 685 g/mol. The van der Waals surface area contributed by atoms with E-state index in [1.165, 1.54) is 11.1 Å². The Morgan fingerprint density at radius 1 is 0.902 bits per heavy atom. The van der Waals surface area contributed by atoms with Gasteiger partial charge in [0.25, 0.3) is 0 Å². The van der Waals surface area contributed by atoms with Gasteiger partial charge in [-0.2, -0.15) is 29.3 Å². The van der Waals surface area contributed by atoms with E-state index in [4.69, 9.17) is 0 Å². The Kier molecular flexibility index (Phi) is 11.4. The van der Waals surface area contributed by atoms with Gasteiger partial charge in [-0.05, 0) is 34.7 Å². The summed E-state index contributed by atoms with van der Waals surface area (Å²) in [6.07, 6.45) is 6.12. The predicted molar refractivity (Wildman–Crippen MR) is 169 cm³/mol. The zero-order valence-electron chi connectivity index (χ0n) is 27.1. The van der Waals surface area contributed by atoms with Crippen LogP contribution in [-0.4, -0.2) is 8.07 Å². The van der Waals surface area contributed by atoms with E-state index in [-0.39, 0.29) is 61.8 Å². The molecule has 0 saturated heterocycles. The number of hydrogen-bond donors (Lipinski definition) is 0. The van der Waals surface area contributed by atoms with E-state index in [1.807, 2.05) is 0 Å². The molecule has 220 valence electrons. The van der Waals surface area contributed by atoms with Crippen LogP contribution in [0.2, 0.25) is 19.6 Å². The van der Waals surface area contributed by atoms with Gasteiger partial charge in [0.15, 0.2) is 0 Å². The summed E-state index contributed by atoms with van der Waals surface area (Å²) in [5.74, 6) is 4.93. The van der Waals surface area contributed by atoms with Crippen molar-refractivity contribution < 1.29 is 51.0 Å². The summed E-state index contributed by atoms with van der Waals surface area (Å²) in [6.45, 7) is 27.3. The number of rotatable bonds is 1. The van der Waals surface area contributed by atoms with Crippen LogP contribution >= 0.6 is 0 Å². The minimum Gasteiger partial charge on any atom is -1.00 e. The van der Waals surface area contributed by atoms with Crippen molar-refractivity contribution >= 4 is 18.8 Å². The minimum absolute atomic E-state index is 0. The smallest absolute Gasteiger partial charge is 1.00 e. The van der Waals surface area contributed by atoms with Gasteiger partial charge in [0, 0.05) is 13.5 Å². The molecular weight excluding hydrogens is 635 g/mol. The Bertz CT molecular complexity index is 1310. The van der Waals surface area contributed by atoms with Gasteiger partial charge in [-0.15, -0.1) is 6.92 Å². The number of hydrogen-bond acceptors (Lipinski definition) is 0. The summed E-state index contributed by atoms with van der Waals surface area (Å²) in [6, 6.07) is 17.9. The summed E-state index contributed by atoms with van der Waals surface area (Å²) < 4.78 is 0. The molecule has 41 heavy (non-hydrogen) atoms. The Labute approximate surface area is 284 Å². The molecule has 0 aromatic heterocycles. The molecule has 4 heteroatoms. The molecule has 4 aliphatic carbocycles. The molecule has 0 spiro atoms. The Morgan fingerprint density at radius 2 is 1.54 bits per heavy atom. The third-order valence-electron chi connectivity index (χ3n) is 12.0. The van der Waals surface area contributed by atoms with Crippen molar-refractivity contribution in [3.8, 4) is 0 Å². The maximum Gasteiger partial charge on any atom is 4.00 e. The van der Waals surface area contributed by atoms with Crippen LogP contribution in [0.25, 0.3) is 5.57 Å². The molecule has 7 unspecified atom stereocenters. The van der Waals surface area contributed by atoms with Crippen LogP contribution in [-0.2, 0) is 32.6 Å². The number of halogens is 2. The quantitative estimate of drug-likeness (QED) is 0.318. The molecule has 2 aromatic rings. The topological polar surface area (TPSA) is 0 Å². The largest absolute Gasteiger partial charge is 4.00 e. The third kappa shape index (κ3) is 5.34. The number of fused-ring (bicyclic) bond motifs is 6. The van der Waals surface area contributed by atoms with Crippen molar-refractivity contribution in [2.75, 3.05) is 0 Å². The predicted octanol–water partition coefficient (Wildman–Crippen LogP) is 3.63. The first-order chi connectivity index (χ1) is 17.8. The molecule has 1 fully saturated rings. The monoisotopic (exact) mass is 682 g/mol. The molecular formula is C37H50Cl2SiZr. The van der Waals surface area contributed by atoms with Crippen molar-refractivity contribution in [1.29, 1.82) is 0 Å². The van der Waals surface area contributed by atoms with Crippen molar-refractivity contribution in [3.63, 3.8) is 0 Å². The first-order valence-corrected chi connectivity index (χ1v) is 18.6. The zero-order valence-corrected chi connectivity index (χ0v) is 32.1. The standard InChI is InChI=1S/C29H37.C8H13Si.2ClH.Zr/c1-16-13-14-25-26-23-12-10-9-11-22(23)15-24(26)27-19(4)17(2)18(3)21(6)29(27,8)28(25,7)20(16)5;1-9(2,3)8-6-4-5-7-8;;;/h9-14,16-18,20-21H,15H2,1-8H3;4-7H,1-3H3;2*1H;/q2*-1;;;+4/p-2. The fraction of sp³-hybridized carbons (Fsp3) is 0.514. The van der Waals surface area contributed by atoms with Crippen LogP contribution in [0.3, 0.4) is 0 Å². The minimum atomic E-state index is -0.981. The van der Waals surface area contributed by atoms with E-state index in [2.05, 4.69) is 136 Å². The second-order valence-electron chi connectivity index (χ2n) is 14.4. The molecule has 0 bridgehead atoms. The Hall–Kier alpha value is -0.660. The summed E-state index contributed by atoms with van der Waals surface area (Å²) in [5, 5.41) is 1.56. The van der Waals surface area contributed by atoms with Gasteiger partial charge in [0.05, 0.1) is 0 Å². The number of allylic oxidation sites excluding steroid dienone is 6. The second kappa shape index (κ2) is 12.8. The van der Waals surface area contributed by atoms with Crippen molar-refractivity contribution in [2.24, 2.45) is 40.4 Å². The Morgan fingerprint density at radius 3 is 2.10 bits per heavy atom. The van der Waals surface area contributed by atoms with E-state index in [0.29, 0.717) is 29.6 Å². The zero-order chi connectivity index (χ0) is 27.8. The van der Waals surface area contributed by atoms with Crippen LogP contribution in [0.1, 0.15) is 66.5 Å². The molecule has 0 nitrogen and oxygen atoms in total. The molecule has 6 rings (SSSR count). The molecule has 0 N–H and O–H groups in total. The molecule has 0 heterocycles. The van der Waals surface area contributed by atoms with E-state index < -0.39 is 8.07 Å². The van der Waals surface area contributed by atoms with Crippen molar-refractivity contribution in [1.82, 2.24) is 0 Å². The van der Waals surface area contributed by atoms with Gasteiger partial charge in [0.1, 0.15) is 0 Å². The fourth-order valence-electron chi connectivity index (χ4n) is 8.71. The molecule has 0 aliphatic heterocycles. The van der Waals surface area contributed by atoms with E-state index in [9.17, 15) is 0 Å². The molecule has 7 atom stereocenters. The number of benzene rings is 1. The molecule has 0 amide bonds. The summed E-state index contributed by atoms with van der Waals surface area (Å²) >= 11 is 0. The van der Waals surface area contributed by atoms with E-state index in [1.54, 1.807) is 33.4 Å². The molecule has 4 aliphatic rings. The first kappa shape index (κ1) is 36.5. The molecule has 2 aromatic carbocycles. The third-order valence-corrected chi connectivity index (χ3v) is 14.1. The van der Waals surface area contributed by atoms with Crippen LogP contribution in [0.15, 0.2) is 77.4 Å². The van der Waals surface area contributed by atoms with E-state index in [0.717, 1.165) is 6.42 Å². The van der Waals surface area contributed by atoms with Crippen LogP contribution in [0, 0.1) is 46.3 Å². The molecule has 1 saturated carbocycles. The first-order valence-electron chi connectivity index (χ1n) is 15.1. The Balaban J connectivity index is 0.000000424. The van der Waals surface area contributed by atoms with Crippen molar-refractivity contribution in [2.45, 2.75) is 81.5 Å². The van der Waals surface area contributed by atoms with Crippen molar-refractivity contribution in [3.05, 3.63) is 94.4 Å². The van der Waals surface area contributed by atoms with Gasteiger partial charge in [-0.3, -0.25) is 0 Å². The molecule has 0 radical (unpaired) electrons. The SMILES string of the molecule is C[C-]1C2=C3Cc4ccccc4C3=C3C=CC(C)C(C)C3(C)C2(C)C(C)C(C)C1C.C[Si](C)(C)c1cc[cH-]c1.[Cl-].[Cl-].[Zr+4]. The van der Waals surface area contributed by atoms with Crippen LogP contribution in [0.4, 0.5) is 0 Å². The summed E-state index contributed by atoms with van der Waals surface area (Å²) in [5.41, 5.74) is 9.93. The summed E-state index contributed by atoms with van der Waals surface area (Å²) in [4.78, 5) is 0. The van der Waals surface area contributed by atoms with Gasteiger partial charge in [-0.25, -0.2) is 17.2 Å². The van der Waals surface area contributed by atoms with E-state index >= 15 is 0 Å². The van der Waals surface area contributed by atoms with Gasteiger partial charge < -0.3 is 24.8 Å². The fourth-order valence-corrected chi connectivity index (χ4v) is 9.90. The normalized spacial score (nSPS) is 33.1. The maximum atomic E-state index is 2.63. The summed E-state index contributed by atoms with van der Waals surface area (Å²) in [7, 11) is -0.981. The van der Waals surface area contributed by atoms with Gasteiger partial charge in [0.2, 0.25) is 0 Å². The van der Waals surface area contributed by atoms with Gasteiger partial charge in [-0.1, -0.05) is 134 Å². The van der Waals surface area contributed by atoms with Crippen LogP contribution in [0.5, 0.6) is 0 Å². The average Bonchev–Trinajstić information content (AvgIpc) is 3.54. The maximum absolute atomic E-state index is 2.63. The van der Waals surface area contributed by atoms with Crippen LogP contribution < -0.4 is 30.0 Å². The second-order valence-corrected chi connectivity index (χ2v) is 19.5.